The van der Waals surface area contributed by atoms with Crippen molar-refractivity contribution in [2.45, 2.75) is 19.4 Å². The van der Waals surface area contributed by atoms with Crippen LogP contribution in [0.25, 0.3) is 0 Å². The lowest BCUT2D eigenvalue weighted by atomic mass is 10.1. The van der Waals surface area contributed by atoms with E-state index in [0.29, 0.717) is 13.1 Å². The van der Waals surface area contributed by atoms with Crippen LogP contribution in [0.15, 0.2) is 12.7 Å². The standard InChI is InChI=1S/C10H18N2O4/c1-4-6-12(5-2)9(15)11-7-10(3,16)8(13)14/h4,16H,1,5-7H2,2-3H3,(H,11,15)(H,13,14). The molecule has 0 aromatic carbocycles. The zero-order valence-electron chi connectivity index (χ0n) is 9.56. The number of carboxylic acid groups (broad SMARTS) is 1. The Morgan fingerprint density at radius 2 is 2.12 bits per heavy atom. The van der Waals surface area contributed by atoms with Crippen LogP contribution in [0.4, 0.5) is 4.79 Å². The lowest BCUT2D eigenvalue weighted by molar-refractivity contribution is -0.155. The molecule has 1 atom stereocenters. The second-order valence-electron chi connectivity index (χ2n) is 3.57. The van der Waals surface area contributed by atoms with Crippen molar-refractivity contribution in [2.24, 2.45) is 0 Å². The SMILES string of the molecule is C=CCN(CC)C(=O)NCC(C)(O)C(=O)O. The van der Waals surface area contributed by atoms with Gasteiger partial charge < -0.3 is 20.4 Å². The number of amides is 2. The fourth-order valence-electron chi connectivity index (χ4n) is 0.947. The number of carbonyl (C=O) groups is 2. The highest BCUT2D eigenvalue weighted by atomic mass is 16.4. The molecule has 0 radical (unpaired) electrons. The molecule has 6 heteroatoms. The highest BCUT2D eigenvalue weighted by Gasteiger charge is 2.30. The number of urea groups is 1. The van der Waals surface area contributed by atoms with E-state index in [2.05, 4.69) is 11.9 Å². The number of hydrogen-bond donors (Lipinski definition) is 3. The fraction of sp³-hybridized carbons (Fsp3) is 0.600. The summed E-state index contributed by atoms with van der Waals surface area (Å²) in [5, 5.41) is 20.3. The molecule has 1 unspecified atom stereocenters. The summed E-state index contributed by atoms with van der Waals surface area (Å²) < 4.78 is 0. The Balaban J connectivity index is 4.24. The Labute approximate surface area is 94.6 Å². The van der Waals surface area contributed by atoms with Gasteiger partial charge in [-0.05, 0) is 13.8 Å². The van der Waals surface area contributed by atoms with Gasteiger partial charge in [0.15, 0.2) is 5.60 Å². The summed E-state index contributed by atoms with van der Waals surface area (Å²) in [6.45, 7) is 6.93. The number of nitrogens with one attached hydrogen (secondary N) is 1. The predicted molar refractivity (Wildman–Crippen MR) is 59.1 cm³/mol. The molecule has 0 aliphatic rings. The van der Waals surface area contributed by atoms with Gasteiger partial charge >= 0.3 is 12.0 Å². The third-order valence-corrected chi connectivity index (χ3v) is 2.06. The normalized spacial score (nSPS) is 13.7. The van der Waals surface area contributed by atoms with E-state index in [-0.39, 0.29) is 6.54 Å². The molecule has 0 saturated heterocycles. The van der Waals surface area contributed by atoms with Gasteiger partial charge in [-0.2, -0.15) is 0 Å². The minimum absolute atomic E-state index is 0.338. The third kappa shape index (κ3) is 4.31. The van der Waals surface area contributed by atoms with E-state index in [4.69, 9.17) is 5.11 Å². The van der Waals surface area contributed by atoms with Crippen molar-refractivity contribution < 1.29 is 19.8 Å². The van der Waals surface area contributed by atoms with Gasteiger partial charge in [-0.15, -0.1) is 6.58 Å². The summed E-state index contributed by atoms with van der Waals surface area (Å²) in [5.41, 5.74) is -1.96. The second-order valence-corrected chi connectivity index (χ2v) is 3.57. The quantitative estimate of drug-likeness (QED) is 0.562. The summed E-state index contributed by atoms with van der Waals surface area (Å²) in [7, 11) is 0. The molecule has 0 bridgehead atoms. The highest BCUT2D eigenvalue weighted by Crippen LogP contribution is 2.01. The molecule has 0 aliphatic heterocycles. The third-order valence-electron chi connectivity index (χ3n) is 2.06. The molecule has 0 aliphatic carbocycles. The van der Waals surface area contributed by atoms with E-state index in [0.717, 1.165) is 6.92 Å². The smallest absolute Gasteiger partial charge is 0.337 e. The predicted octanol–water partition coefficient (Wildman–Crippen LogP) is 0.0395. The van der Waals surface area contributed by atoms with Crippen molar-refractivity contribution in [2.75, 3.05) is 19.6 Å². The van der Waals surface area contributed by atoms with Crippen LogP contribution in [0.1, 0.15) is 13.8 Å². The zero-order valence-corrected chi connectivity index (χ0v) is 9.56. The van der Waals surface area contributed by atoms with Crippen molar-refractivity contribution in [3.63, 3.8) is 0 Å². The van der Waals surface area contributed by atoms with E-state index in [1.165, 1.54) is 4.90 Å². The number of nitrogens with zero attached hydrogens (tertiary/aromatic N) is 1. The Kier molecular flexibility index (Phi) is 5.52. The first-order chi connectivity index (χ1) is 7.35. The number of aliphatic hydroxyl groups is 1. The maximum absolute atomic E-state index is 11.5. The molecule has 16 heavy (non-hydrogen) atoms. The summed E-state index contributed by atoms with van der Waals surface area (Å²) in [5.74, 6) is -1.38. The van der Waals surface area contributed by atoms with Crippen molar-refractivity contribution >= 4 is 12.0 Å². The van der Waals surface area contributed by atoms with Crippen LogP contribution in [-0.4, -0.2) is 52.3 Å². The summed E-state index contributed by atoms with van der Waals surface area (Å²) in [6.07, 6.45) is 1.57. The fourth-order valence-corrected chi connectivity index (χ4v) is 0.947. The van der Waals surface area contributed by atoms with Crippen molar-refractivity contribution in [3.05, 3.63) is 12.7 Å². The molecule has 0 aromatic heterocycles. The van der Waals surface area contributed by atoms with Crippen LogP contribution >= 0.6 is 0 Å². The summed E-state index contributed by atoms with van der Waals surface area (Å²) in [4.78, 5) is 23.5. The largest absolute Gasteiger partial charge is 0.479 e. The van der Waals surface area contributed by atoms with Gasteiger partial charge in [0, 0.05) is 13.1 Å². The number of carbonyl (C=O) groups excluding carboxylic acids is 1. The molecule has 6 nitrogen and oxygen atoms in total. The maximum Gasteiger partial charge on any atom is 0.337 e. The minimum Gasteiger partial charge on any atom is -0.479 e. The molecule has 0 heterocycles. The van der Waals surface area contributed by atoms with Crippen molar-refractivity contribution in [3.8, 4) is 0 Å². The van der Waals surface area contributed by atoms with E-state index in [1.807, 2.05) is 0 Å². The Hall–Kier alpha value is -1.56. The van der Waals surface area contributed by atoms with E-state index in [9.17, 15) is 14.7 Å². The number of rotatable bonds is 6. The van der Waals surface area contributed by atoms with Gasteiger partial charge in [0.2, 0.25) is 0 Å². The van der Waals surface area contributed by atoms with Crippen molar-refractivity contribution in [1.82, 2.24) is 10.2 Å². The number of carboxylic acids is 1. The van der Waals surface area contributed by atoms with Gasteiger partial charge in [0.25, 0.3) is 0 Å². The van der Waals surface area contributed by atoms with Gasteiger partial charge in [-0.25, -0.2) is 9.59 Å². The summed E-state index contributed by atoms with van der Waals surface area (Å²) in [6, 6.07) is -0.427. The van der Waals surface area contributed by atoms with Crippen LogP contribution in [0.3, 0.4) is 0 Å². The maximum atomic E-state index is 11.5. The first-order valence-electron chi connectivity index (χ1n) is 4.94. The van der Waals surface area contributed by atoms with Crippen LogP contribution in [0.2, 0.25) is 0 Å². The molecule has 0 fully saturated rings. The van der Waals surface area contributed by atoms with Gasteiger partial charge in [-0.3, -0.25) is 0 Å². The molecular formula is C10H18N2O4. The second kappa shape index (κ2) is 6.12. The monoisotopic (exact) mass is 230 g/mol. The van der Waals surface area contributed by atoms with E-state index in [1.54, 1.807) is 13.0 Å². The summed E-state index contributed by atoms with van der Waals surface area (Å²) >= 11 is 0. The minimum atomic E-state index is -1.96. The highest BCUT2D eigenvalue weighted by molar-refractivity contribution is 5.79. The number of likely N-dealkylation sites (N-methyl/N-ethyl adjacent to an activating group) is 1. The van der Waals surface area contributed by atoms with Crippen LogP contribution in [0.5, 0.6) is 0 Å². The lowest BCUT2D eigenvalue weighted by Gasteiger charge is -2.23. The molecule has 0 aromatic rings. The zero-order chi connectivity index (χ0) is 12.8. The first kappa shape index (κ1) is 14.4. The Morgan fingerprint density at radius 1 is 1.56 bits per heavy atom. The van der Waals surface area contributed by atoms with Gasteiger partial charge in [0.05, 0.1) is 6.54 Å². The van der Waals surface area contributed by atoms with E-state index >= 15 is 0 Å². The van der Waals surface area contributed by atoms with Crippen molar-refractivity contribution in [1.29, 1.82) is 0 Å². The van der Waals surface area contributed by atoms with Gasteiger partial charge in [0.1, 0.15) is 0 Å². The number of hydrogen-bond acceptors (Lipinski definition) is 3. The molecular weight excluding hydrogens is 212 g/mol. The van der Waals surface area contributed by atoms with Crippen LogP contribution in [-0.2, 0) is 4.79 Å². The topological polar surface area (TPSA) is 89.9 Å². The first-order valence-corrected chi connectivity index (χ1v) is 4.94. The van der Waals surface area contributed by atoms with E-state index < -0.39 is 17.6 Å². The molecule has 2 amide bonds. The Morgan fingerprint density at radius 3 is 2.50 bits per heavy atom. The molecule has 3 N–H and O–H groups in total. The van der Waals surface area contributed by atoms with Crippen LogP contribution < -0.4 is 5.32 Å². The Bertz CT molecular complexity index is 276. The average Bonchev–Trinajstić information content (AvgIpc) is 2.22. The average molecular weight is 230 g/mol. The molecule has 0 rings (SSSR count). The number of aliphatic carboxylic acids is 1. The molecule has 92 valence electrons. The lowest BCUT2D eigenvalue weighted by Crippen LogP contribution is -2.50. The molecule has 0 saturated carbocycles. The van der Waals surface area contributed by atoms with Gasteiger partial charge in [-0.1, -0.05) is 6.08 Å². The molecule has 0 spiro atoms. The van der Waals surface area contributed by atoms with Crippen LogP contribution in [0, 0.1) is 0 Å².